The van der Waals surface area contributed by atoms with Gasteiger partial charge in [0.2, 0.25) is 5.91 Å². The number of urea groups is 1. The third-order valence-electron chi connectivity index (χ3n) is 3.75. The Morgan fingerprint density at radius 2 is 2.29 bits per heavy atom. The fourth-order valence-electron chi connectivity index (χ4n) is 2.53. The Hall–Kier alpha value is -1.87. The molecule has 1 aliphatic carbocycles. The Morgan fingerprint density at radius 1 is 1.46 bits per heavy atom. The lowest BCUT2D eigenvalue weighted by atomic mass is 9.90. The van der Waals surface area contributed by atoms with Crippen LogP contribution in [0.3, 0.4) is 0 Å². The minimum atomic E-state index is -0.537. The highest BCUT2D eigenvalue weighted by Gasteiger charge is 2.21. The van der Waals surface area contributed by atoms with Gasteiger partial charge in [0.05, 0.1) is 10.6 Å². The number of carbonyl (C=O) groups is 2. The summed E-state index contributed by atoms with van der Waals surface area (Å²) in [6, 6.07) is 1.60. The van der Waals surface area contributed by atoms with E-state index in [-0.39, 0.29) is 5.75 Å². The highest BCUT2D eigenvalue weighted by atomic mass is 32.2. The second-order valence-corrected chi connectivity index (χ2v) is 7.76. The van der Waals surface area contributed by atoms with Crippen molar-refractivity contribution in [2.45, 2.75) is 31.4 Å². The first-order valence-electron chi connectivity index (χ1n) is 7.65. The average molecular weight is 366 g/mol. The highest BCUT2D eigenvalue weighted by molar-refractivity contribution is 7.99. The Labute approximate surface area is 147 Å². The van der Waals surface area contributed by atoms with Gasteiger partial charge in [-0.1, -0.05) is 18.7 Å². The molecule has 0 aliphatic heterocycles. The third-order valence-corrected chi connectivity index (χ3v) is 5.80. The van der Waals surface area contributed by atoms with Gasteiger partial charge in [-0.05, 0) is 36.8 Å². The second kappa shape index (κ2) is 7.35. The van der Waals surface area contributed by atoms with Crippen molar-refractivity contribution in [2.75, 3.05) is 12.8 Å². The fourth-order valence-corrected chi connectivity index (χ4v) is 4.22. The Bertz CT molecular complexity index is 756. The van der Waals surface area contributed by atoms with Crippen LogP contribution in [-0.2, 0) is 17.6 Å². The van der Waals surface area contributed by atoms with E-state index >= 15 is 0 Å². The number of fused-ring (bicyclic) bond motifs is 1. The molecule has 3 amide bonds. The van der Waals surface area contributed by atoms with Gasteiger partial charge < -0.3 is 9.73 Å². The first-order valence-corrected chi connectivity index (χ1v) is 9.45. The maximum atomic E-state index is 11.5. The molecule has 0 saturated carbocycles. The van der Waals surface area contributed by atoms with Gasteiger partial charge in [0, 0.05) is 11.9 Å². The Kier molecular flexibility index (Phi) is 5.20. The number of amides is 3. The maximum Gasteiger partial charge on any atom is 0.321 e. The summed E-state index contributed by atoms with van der Waals surface area (Å²) in [5.74, 6) is 0.816. The molecule has 128 valence electrons. The molecule has 9 heteroatoms. The van der Waals surface area contributed by atoms with Crippen molar-refractivity contribution < 1.29 is 14.0 Å². The zero-order valence-electron chi connectivity index (χ0n) is 13.4. The topological polar surface area (TPSA) is 97.1 Å². The van der Waals surface area contributed by atoms with E-state index in [0.717, 1.165) is 29.5 Å². The molecule has 0 radical (unpaired) electrons. The van der Waals surface area contributed by atoms with Crippen molar-refractivity contribution in [3.05, 3.63) is 16.5 Å². The molecule has 7 nitrogen and oxygen atoms in total. The lowest BCUT2D eigenvalue weighted by molar-refractivity contribution is -0.117. The van der Waals surface area contributed by atoms with Gasteiger partial charge in [0.15, 0.2) is 0 Å². The number of hydrogen-bond acceptors (Lipinski definition) is 7. The number of aromatic nitrogens is 2. The molecule has 1 aliphatic rings. The van der Waals surface area contributed by atoms with Crippen molar-refractivity contribution in [3.63, 3.8) is 0 Å². The van der Waals surface area contributed by atoms with E-state index in [0.29, 0.717) is 17.0 Å². The van der Waals surface area contributed by atoms with Gasteiger partial charge in [-0.15, -0.1) is 21.5 Å². The summed E-state index contributed by atoms with van der Waals surface area (Å²) < 4.78 is 5.63. The minimum absolute atomic E-state index is 0.0352. The number of aryl methyl sites for hydroxylation is 1. The molecule has 2 aromatic rings. The van der Waals surface area contributed by atoms with Gasteiger partial charge in [0.25, 0.3) is 11.1 Å². The number of imide groups is 1. The molecule has 0 spiro atoms. The smallest absolute Gasteiger partial charge is 0.321 e. The molecule has 0 saturated heterocycles. The zero-order chi connectivity index (χ0) is 17.1. The summed E-state index contributed by atoms with van der Waals surface area (Å²) in [7, 11) is 1.45. The lowest BCUT2D eigenvalue weighted by Crippen LogP contribution is -2.38. The molecule has 0 bridgehead atoms. The van der Waals surface area contributed by atoms with E-state index in [1.54, 1.807) is 11.3 Å². The van der Waals surface area contributed by atoms with Crippen LogP contribution in [0.4, 0.5) is 4.79 Å². The van der Waals surface area contributed by atoms with Crippen LogP contribution in [0, 0.1) is 5.92 Å². The number of nitrogens with zero attached hydrogens (tertiary/aromatic N) is 2. The van der Waals surface area contributed by atoms with Crippen LogP contribution >= 0.6 is 23.1 Å². The minimum Gasteiger partial charge on any atom is -0.410 e. The lowest BCUT2D eigenvalue weighted by Gasteiger charge is -2.16. The number of nitrogens with one attached hydrogen (secondary N) is 2. The van der Waals surface area contributed by atoms with Crippen LogP contribution in [0.2, 0.25) is 0 Å². The quantitative estimate of drug-likeness (QED) is 0.807. The van der Waals surface area contributed by atoms with Crippen LogP contribution in [-0.4, -0.2) is 34.9 Å². The van der Waals surface area contributed by atoms with E-state index in [4.69, 9.17) is 4.42 Å². The van der Waals surface area contributed by atoms with E-state index < -0.39 is 11.9 Å². The molecule has 1 atom stereocenters. The van der Waals surface area contributed by atoms with Gasteiger partial charge in [-0.3, -0.25) is 10.1 Å². The molecular weight excluding hydrogens is 348 g/mol. The fraction of sp³-hybridized carbons (Fsp3) is 0.467. The van der Waals surface area contributed by atoms with Crippen molar-refractivity contribution in [1.29, 1.82) is 0 Å². The van der Waals surface area contributed by atoms with Gasteiger partial charge >= 0.3 is 6.03 Å². The third kappa shape index (κ3) is 3.96. The van der Waals surface area contributed by atoms with Crippen molar-refractivity contribution in [3.8, 4) is 10.8 Å². The number of thiophene rings is 1. The summed E-state index contributed by atoms with van der Waals surface area (Å²) in [5, 5.41) is 12.8. The molecule has 0 unspecified atom stereocenters. The molecular formula is C15H18N4O3S2. The highest BCUT2D eigenvalue weighted by Crippen LogP contribution is 2.37. The molecule has 0 aromatic carbocycles. The summed E-state index contributed by atoms with van der Waals surface area (Å²) >= 11 is 2.81. The number of thioether (sulfide) groups is 1. The molecule has 2 aromatic heterocycles. The SMILES string of the molecule is CNC(=O)NC(=O)CSc1nnc(-c2cc3c(s2)CC[C@H](C)C3)o1. The van der Waals surface area contributed by atoms with E-state index in [9.17, 15) is 9.59 Å². The van der Waals surface area contributed by atoms with Gasteiger partial charge in [0.1, 0.15) is 0 Å². The maximum absolute atomic E-state index is 11.5. The van der Waals surface area contributed by atoms with Crippen LogP contribution in [0.15, 0.2) is 15.7 Å². The summed E-state index contributed by atoms with van der Waals surface area (Å²) in [6.45, 7) is 2.27. The number of rotatable bonds is 4. The zero-order valence-corrected chi connectivity index (χ0v) is 15.1. The van der Waals surface area contributed by atoms with Crippen LogP contribution in [0.5, 0.6) is 0 Å². The predicted molar refractivity (Wildman–Crippen MR) is 92.1 cm³/mol. The summed E-state index contributed by atoms with van der Waals surface area (Å²) in [6.07, 6.45) is 3.43. The normalized spacial score (nSPS) is 16.5. The van der Waals surface area contributed by atoms with E-state index in [2.05, 4.69) is 33.8 Å². The number of hydrogen-bond donors (Lipinski definition) is 2. The first-order chi connectivity index (χ1) is 11.5. The molecule has 0 fully saturated rings. The van der Waals surface area contributed by atoms with Gasteiger partial charge in [-0.2, -0.15) is 0 Å². The monoisotopic (exact) mass is 366 g/mol. The average Bonchev–Trinajstić information content (AvgIpc) is 3.18. The Balaban J connectivity index is 1.62. The van der Waals surface area contributed by atoms with Crippen molar-refractivity contribution in [2.24, 2.45) is 5.92 Å². The van der Waals surface area contributed by atoms with Crippen LogP contribution in [0.25, 0.3) is 10.8 Å². The Morgan fingerprint density at radius 3 is 3.08 bits per heavy atom. The van der Waals surface area contributed by atoms with Crippen molar-refractivity contribution >= 4 is 35.0 Å². The van der Waals surface area contributed by atoms with Gasteiger partial charge in [-0.25, -0.2) is 4.79 Å². The molecule has 2 heterocycles. The van der Waals surface area contributed by atoms with Crippen LogP contribution in [0.1, 0.15) is 23.8 Å². The van der Waals surface area contributed by atoms with Crippen molar-refractivity contribution in [1.82, 2.24) is 20.8 Å². The second-order valence-electron chi connectivity index (χ2n) is 5.70. The van der Waals surface area contributed by atoms with E-state index in [1.807, 2.05) is 0 Å². The summed E-state index contributed by atoms with van der Waals surface area (Å²) in [5.41, 5.74) is 1.38. The molecule has 3 rings (SSSR count). The van der Waals surface area contributed by atoms with E-state index in [1.165, 1.54) is 23.9 Å². The first kappa shape index (κ1) is 17.0. The number of carbonyl (C=O) groups excluding carboxylic acids is 2. The van der Waals surface area contributed by atoms with Crippen LogP contribution < -0.4 is 10.6 Å². The molecule has 2 N–H and O–H groups in total. The summed E-state index contributed by atoms with van der Waals surface area (Å²) in [4.78, 5) is 25.0. The molecule has 24 heavy (non-hydrogen) atoms. The largest absolute Gasteiger partial charge is 0.410 e. The standard InChI is InChI=1S/C15H18N4O3S2/c1-8-3-4-10-9(5-8)6-11(24-10)13-18-19-15(22-13)23-7-12(20)17-14(21)16-2/h6,8H,3-5,7H2,1-2H3,(H2,16,17,20,21)/t8-/m0/s1. The predicted octanol–water partition coefficient (Wildman–Crippen LogP) is 2.47.